The molecule has 0 spiro atoms. The molecule has 1 heterocycles. The van der Waals surface area contributed by atoms with Crippen molar-refractivity contribution in [1.29, 1.82) is 0 Å². The molecule has 2 aliphatic rings. The van der Waals surface area contributed by atoms with Crippen LogP contribution in [0.2, 0.25) is 0 Å². The highest BCUT2D eigenvalue weighted by Crippen LogP contribution is 2.28. The van der Waals surface area contributed by atoms with Crippen LogP contribution in [0, 0.1) is 18.3 Å². The molecule has 1 saturated carbocycles. The highest BCUT2D eigenvalue weighted by atomic mass is 127. The topological polar surface area (TPSA) is 60.0 Å². The molecule has 1 saturated heterocycles. The summed E-state index contributed by atoms with van der Waals surface area (Å²) in [6.45, 7) is 5.87. The molecule has 1 amide bonds. The lowest BCUT2D eigenvalue weighted by Crippen LogP contribution is -2.52. The summed E-state index contributed by atoms with van der Waals surface area (Å²) in [5.41, 5.74) is 0. The van der Waals surface area contributed by atoms with Gasteiger partial charge in [0.2, 0.25) is 5.91 Å². The van der Waals surface area contributed by atoms with Crippen LogP contribution in [0.3, 0.4) is 0 Å². The molecule has 6 nitrogen and oxygen atoms in total. The van der Waals surface area contributed by atoms with E-state index < -0.39 is 0 Å². The van der Waals surface area contributed by atoms with Gasteiger partial charge >= 0.3 is 0 Å². The maximum absolute atomic E-state index is 12.2. The number of terminal acetylenes is 1. The molecule has 23 heavy (non-hydrogen) atoms. The van der Waals surface area contributed by atoms with Gasteiger partial charge in [0.1, 0.15) is 0 Å². The number of halogens is 1. The van der Waals surface area contributed by atoms with Crippen molar-refractivity contribution in [2.24, 2.45) is 10.9 Å². The molecule has 7 heteroatoms. The van der Waals surface area contributed by atoms with Gasteiger partial charge in [-0.15, -0.1) is 30.4 Å². The van der Waals surface area contributed by atoms with E-state index in [0.29, 0.717) is 18.4 Å². The van der Waals surface area contributed by atoms with Gasteiger partial charge in [0, 0.05) is 52.2 Å². The van der Waals surface area contributed by atoms with Gasteiger partial charge in [-0.25, -0.2) is 0 Å². The minimum Gasteiger partial charge on any atom is -0.355 e. The van der Waals surface area contributed by atoms with Gasteiger partial charge in [0.15, 0.2) is 5.96 Å². The number of hydrogen-bond donors (Lipinski definition) is 2. The summed E-state index contributed by atoms with van der Waals surface area (Å²) < 4.78 is 0. The number of guanidine groups is 1. The Labute approximate surface area is 156 Å². The molecule has 0 aromatic heterocycles. The van der Waals surface area contributed by atoms with Gasteiger partial charge in [-0.2, -0.15) is 0 Å². The number of nitrogens with zero attached hydrogens (tertiary/aromatic N) is 3. The first-order valence-electron chi connectivity index (χ1n) is 8.13. The highest BCUT2D eigenvalue weighted by molar-refractivity contribution is 14.0. The summed E-state index contributed by atoms with van der Waals surface area (Å²) in [6, 6.07) is 0. The van der Waals surface area contributed by atoms with E-state index in [1.807, 2.05) is 4.90 Å². The van der Waals surface area contributed by atoms with E-state index in [-0.39, 0.29) is 24.0 Å². The first-order chi connectivity index (χ1) is 10.7. The minimum absolute atomic E-state index is 0. The van der Waals surface area contributed by atoms with Crippen LogP contribution in [-0.2, 0) is 4.79 Å². The molecule has 0 bridgehead atoms. The highest BCUT2D eigenvalue weighted by Gasteiger charge is 2.30. The van der Waals surface area contributed by atoms with Gasteiger partial charge < -0.3 is 15.5 Å². The predicted molar refractivity (Wildman–Crippen MR) is 104 cm³/mol. The van der Waals surface area contributed by atoms with Crippen LogP contribution >= 0.6 is 24.0 Å². The van der Waals surface area contributed by atoms with Crippen molar-refractivity contribution >= 4 is 35.8 Å². The summed E-state index contributed by atoms with van der Waals surface area (Å²) in [4.78, 5) is 20.7. The van der Waals surface area contributed by atoms with Gasteiger partial charge in [-0.3, -0.25) is 14.7 Å². The molecule has 2 rings (SSSR count). The van der Waals surface area contributed by atoms with Gasteiger partial charge in [0.25, 0.3) is 0 Å². The third-order valence-electron chi connectivity index (χ3n) is 4.44. The molecular formula is C16H28IN5O. The summed E-state index contributed by atoms with van der Waals surface area (Å²) in [5.74, 6) is 3.96. The largest absolute Gasteiger partial charge is 0.355 e. The average molecular weight is 433 g/mol. The fraction of sp³-hybridized carbons (Fsp3) is 0.750. The Morgan fingerprint density at radius 3 is 2.48 bits per heavy atom. The maximum atomic E-state index is 12.2. The fourth-order valence-corrected chi connectivity index (χ4v) is 2.79. The monoisotopic (exact) mass is 433 g/mol. The number of aliphatic imine (C=N–C) groups is 1. The Bertz CT molecular complexity index is 436. The van der Waals surface area contributed by atoms with Crippen LogP contribution in [0.15, 0.2) is 4.99 Å². The van der Waals surface area contributed by atoms with Gasteiger partial charge in [-0.05, 0) is 12.8 Å². The summed E-state index contributed by atoms with van der Waals surface area (Å²) in [6.07, 6.45) is 8.61. The Kier molecular flexibility index (Phi) is 9.33. The van der Waals surface area contributed by atoms with E-state index >= 15 is 0 Å². The molecule has 0 aromatic carbocycles. The molecular weight excluding hydrogens is 405 g/mol. The van der Waals surface area contributed by atoms with Gasteiger partial charge in [-0.1, -0.05) is 12.3 Å². The molecule has 2 fully saturated rings. The molecule has 0 unspecified atom stereocenters. The van der Waals surface area contributed by atoms with Crippen LogP contribution in [0.4, 0.5) is 0 Å². The van der Waals surface area contributed by atoms with Crippen LogP contribution in [0.5, 0.6) is 0 Å². The van der Waals surface area contributed by atoms with Crippen LogP contribution in [-0.4, -0.2) is 74.5 Å². The van der Waals surface area contributed by atoms with Crippen molar-refractivity contribution in [3.8, 4) is 12.3 Å². The minimum atomic E-state index is 0. The zero-order valence-electron chi connectivity index (χ0n) is 13.9. The predicted octanol–water partition coefficient (Wildman–Crippen LogP) is 0.347. The Balaban J connectivity index is 0.00000264. The zero-order valence-corrected chi connectivity index (χ0v) is 16.2. The van der Waals surface area contributed by atoms with Crippen molar-refractivity contribution in [2.45, 2.75) is 19.3 Å². The Morgan fingerprint density at radius 1 is 1.26 bits per heavy atom. The van der Waals surface area contributed by atoms with Crippen LogP contribution in [0.1, 0.15) is 19.3 Å². The Hall–Kier alpha value is -1.01. The number of amides is 1. The van der Waals surface area contributed by atoms with E-state index in [2.05, 4.69) is 26.4 Å². The standard InChI is InChI=1S/C16H27N5O.HI/c1-3-7-18-16(17-2)19-8-9-20-10-12-21(13-11-20)15(22)14-5-4-6-14;/h1,14H,4-13H2,2H3,(H2,17,18,19);1H. The van der Waals surface area contributed by atoms with Crippen molar-refractivity contribution in [2.75, 3.05) is 52.9 Å². The number of carbonyl (C=O) groups is 1. The molecule has 130 valence electrons. The lowest BCUT2D eigenvalue weighted by atomic mass is 9.84. The van der Waals surface area contributed by atoms with E-state index in [1.54, 1.807) is 7.05 Å². The molecule has 1 aliphatic heterocycles. The van der Waals surface area contributed by atoms with Crippen LogP contribution in [0.25, 0.3) is 0 Å². The van der Waals surface area contributed by atoms with Crippen molar-refractivity contribution in [3.63, 3.8) is 0 Å². The maximum Gasteiger partial charge on any atom is 0.225 e. The summed E-state index contributed by atoms with van der Waals surface area (Å²) in [5, 5.41) is 6.28. The number of rotatable bonds is 5. The number of hydrogen-bond acceptors (Lipinski definition) is 3. The normalized spacial score (nSPS) is 19.3. The third kappa shape index (κ3) is 6.18. The van der Waals surface area contributed by atoms with E-state index in [1.165, 1.54) is 6.42 Å². The summed E-state index contributed by atoms with van der Waals surface area (Å²) in [7, 11) is 1.73. The lowest BCUT2D eigenvalue weighted by Gasteiger charge is -2.38. The number of carbonyl (C=O) groups excluding carboxylic acids is 1. The second-order valence-electron chi connectivity index (χ2n) is 5.85. The smallest absolute Gasteiger partial charge is 0.225 e. The lowest BCUT2D eigenvalue weighted by molar-refractivity contribution is -0.139. The van der Waals surface area contributed by atoms with Gasteiger partial charge in [0.05, 0.1) is 6.54 Å². The molecule has 0 aromatic rings. The molecule has 0 radical (unpaired) electrons. The van der Waals surface area contributed by atoms with E-state index in [9.17, 15) is 4.79 Å². The first-order valence-corrected chi connectivity index (χ1v) is 8.13. The number of piperazine rings is 1. The fourth-order valence-electron chi connectivity index (χ4n) is 2.79. The van der Waals surface area contributed by atoms with E-state index in [0.717, 1.165) is 58.1 Å². The molecule has 0 atom stereocenters. The molecule has 1 aliphatic carbocycles. The van der Waals surface area contributed by atoms with Crippen LogP contribution < -0.4 is 10.6 Å². The second-order valence-corrected chi connectivity index (χ2v) is 5.85. The first kappa shape index (κ1) is 20.0. The second kappa shape index (κ2) is 10.7. The van der Waals surface area contributed by atoms with E-state index in [4.69, 9.17) is 6.42 Å². The average Bonchev–Trinajstić information content (AvgIpc) is 2.49. The quantitative estimate of drug-likeness (QED) is 0.284. The van der Waals surface area contributed by atoms with Crippen molar-refractivity contribution in [1.82, 2.24) is 20.4 Å². The zero-order chi connectivity index (χ0) is 15.8. The van der Waals surface area contributed by atoms with Crippen molar-refractivity contribution < 1.29 is 4.79 Å². The van der Waals surface area contributed by atoms with Crippen molar-refractivity contribution in [3.05, 3.63) is 0 Å². The Morgan fingerprint density at radius 2 is 1.96 bits per heavy atom. The SMILES string of the molecule is C#CCNC(=NC)NCCN1CCN(C(=O)C2CCC2)CC1.I. The third-order valence-corrected chi connectivity index (χ3v) is 4.44. The number of nitrogens with one attached hydrogen (secondary N) is 2. The molecule has 2 N–H and O–H groups in total. The summed E-state index contributed by atoms with van der Waals surface area (Å²) >= 11 is 0.